The average Bonchev–Trinajstić information content (AvgIpc) is 2.51. The average molecular weight is 258 g/mol. The molecule has 1 aromatic rings. The molecule has 0 aromatic carbocycles. The fourth-order valence-electron chi connectivity index (χ4n) is 0.707. The predicted octanol–water partition coefficient (Wildman–Crippen LogP) is 3.07. The van der Waals surface area contributed by atoms with Gasteiger partial charge in [0.15, 0.2) is 0 Å². The van der Waals surface area contributed by atoms with Crippen LogP contribution in [0.25, 0.3) is 0 Å². The van der Waals surface area contributed by atoms with Crippen LogP contribution in [0.15, 0.2) is 22.7 Å². The fourth-order valence-corrected chi connectivity index (χ4v) is 3.06. The van der Waals surface area contributed by atoms with Crippen molar-refractivity contribution in [2.24, 2.45) is 0 Å². The Hall–Kier alpha value is -0.170. The highest BCUT2D eigenvalue weighted by atomic mass is 35.5. The van der Waals surface area contributed by atoms with E-state index >= 15 is 0 Å². The lowest BCUT2D eigenvalue weighted by atomic mass is 10.5. The highest BCUT2D eigenvalue weighted by molar-refractivity contribution is 7.93. The Kier molecular flexibility index (Phi) is 4.80. The van der Waals surface area contributed by atoms with E-state index in [0.717, 1.165) is 17.4 Å². The second-order valence-corrected chi connectivity index (χ2v) is 5.67. The number of hydrogen-bond acceptors (Lipinski definition) is 3. The molecule has 0 N–H and O–H groups in total. The number of halogens is 3. The van der Waals surface area contributed by atoms with E-state index in [9.17, 15) is 13.3 Å². The maximum absolute atomic E-state index is 11.6. The van der Waals surface area contributed by atoms with Crippen molar-refractivity contribution < 1.29 is 13.3 Å². The van der Waals surface area contributed by atoms with E-state index < -0.39 is 17.3 Å². The summed E-state index contributed by atoms with van der Waals surface area (Å²) < 4.78 is 35.4. The maximum Gasteiger partial charge on any atom is 0.302 e. The summed E-state index contributed by atoms with van der Waals surface area (Å²) in [5.41, 5.74) is 0. The van der Waals surface area contributed by atoms with Gasteiger partial charge < -0.3 is 4.55 Å². The molecule has 2 nitrogen and oxygen atoms in total. The summed E-state index contributed by atoms with van der Waals surface area (Å²) in [6, 6.07) is 0. The molecule has 0 saturated carbocycles. The SMILES string of the molecule is [O-][S+](CCC=C(F)F)c1ncc(Cl)s1. The lowest BCUT2D eigenvalue weighted by Crippen LogP contribution is -2.05. The summed E-state index contributed by atoms with van der Waals surface area (Å²) in [7, 11) is 0. The zero-order valence-corrected chi connectivity index (χ0v) is 9.26. The third-order valence-corrected chi connectivity index (χ3v) is 4.07. The Morgan fingerprint density at radius 1 is 1.71 bits per heavy atom. The van der Waals surface area contributed by atoms with Gasteiger partial charge in [-0.25, -0.2) is 0 Å². The Bertz CT molecular complexity index is 327. The minimum atomic E-state index is -1.75. The van der Waals surface area contributed by atoms with E-state index in [0.29, 0.717) is 8.68 Å². The van der Waals surface area contributed by atoms with Crippen molar-refractivity contribution in [1.29, 1.82) is 0 Å². The summed E-state index contributed by atoms with van der Waals surface area (Å²) in [5, 5.41) is 0. The predicted molar refractivity (Wildman–Crippen MR) is 53.3 cm³/mol. The van der Waals surface area contributed by atoms with E-state index in [-0.39, 0.29) is 12.2 Å². The summed E-state index contributed by atoms with van der Waals surface area (Å²) in [5.74, 6) is 0.140. The van der Waals surface area contributed by atoms with Crippen LogP contribution in [0.5, 0.6) is 0 Å². The van der Waals surface area contributed by atoms with Crippen LogP contribution in [0.4, 0.5) is 8.78 Å². The molecular formula is C7H6ClF2NOS2. The Morgan fingerprint density at radius 2 is 2.43 bits per heavy atom. The minimum Gasteiger partial charge on any atom is -0.610 e. The Labute approximate surface area is 91.8 Å². The van der Waals surface area contributed by atoms with Gasteiger partial charge in [0.1, 0.15) is 10.1 Å². The zero-order chi connectivity index (χ0) is 10.6. The summed E-state index contributed by atoms with van der Waals surface area (Å²) in [6.45, 7) is 0. The molecule has 0 aliphatic heterocycles. The van der Waals surface area contributed by atoms with Gasteiger partial charge in [0.25, 0.3) is 6.08 Å². The number of hydrogen-bond donors (Lipinski definition) is 0. The van der Waals surface area contributed by atoms with E-state index in [1.807, 2.05) is 0 Å². The van der Waals surface area contributed by atoms with Crippen molar-refractivity contribution >= 4 is 34.1 Å². The highest BCUT2D eigenvalue weighted by Crippen LogP contribution is 2.23. The fraction of sp³-hybridized carbons (Fsp3) is 0.286. The molecule has 0 bridgehead atoms. The molecule has 14 heavy (non-hydrogen) atoms. The van der Waals surface area contributed by atoms with Gasteiger partial charge in [-0.2, -0.15) is 13.8 Å². The first-order valence-electron chi connectivity index (χ1n) is 3.60. The number of nitrogens with zero attached hydrogens (tertiary/aromatic N) is 1. The molecule has 0 saturated heterocycles. The zero-order valence-electron chi connectivity index (χ0n) is 6.87. The van der Waals surface area contributed by atoms with Crippen molar-refractivity contribution in [2.45, 2.75) is 10.8 Å². The largest absolute Gasteiger partial charge is 0.610 e. The highest BCUT2D eigenvalue weighted by Gasteiger charge is 2.14. The summed E-state index contributed by atoms with van der Waals surface area (Å²) >= 11 is 5.35. The normalized spacial score (nSPS) is 12.6. The first-order chi connectivity index (χ1) is 6.59. The van der Waals surface area contributed by atoms with Crippen molar-refractivity contribution in [1.82, 2.24) is 4.98 Å². The number of rotatable bonds is 4. The van der Waals surface area contributed by atoms with E-state index in [1.54, 1.807) is 0 Å². The second kappa shape index (κ2) is 5.65. The summed E-state index contributed by atoms with van der Waals surface area (Å²) in [6.07, 6.45) is 0.462. The van der Waals surface area contributed by atoms with Gasteiger partial charge in [0, 0.05) is 17.6 Å². The first-order valence-corrected chi connectivity index (χ1v) is 6.12. The molecule has 1 atom stereocenters. The molecule has 7 heteroatoms. The lowest BCUT2D eigenvalue weighted by Gasteiger charge is -2.03. The molecule has 1 unspecified atom stereocenters. The molecule has 1 rings (SSSR count). The third-order valence-electron chi connectivity index (χ3n) is 1.25. The van der Waals surface area contributed by atoms with E-state index in [4.69, 9.17) is 11.6 Å². The van der Waals surface area contributed by atoms with Crippen LogP contribution >= 0.6 is 22.9 Å². The maximum atomic E-state index is 11.6. The first kappa shape index (κ1) is 11.9. The van der Waals surface area contributed by atoms with Gasteiger partial charge in [0.2, 0.25) is 0 Å². The molecule has 1 aromatic heterocycles. The third kappa shape index (κ3) is 3.91. The molecule has 0 radical (unpaired) electrons. The standard InChI is InChI=1S/C7H6ClF2NOS2/c8-5-4-11-7(13-5)14(12)3-1-2-6(9)10/h2,4H,1,3H2. The van der Waals surface area contributed by atoms with Crippen LogP contribution in [-0.4, -0.2) is 15.3 Å². The minimum absolute atomic E-state index is 0.0755. The second-order valence-electron chi connectivity index (χ2n) is 2.26. The van der Waals surface area contributed by atoms with Gasteiger partial charge in [-0.1, -0.05) is 22.9 Å². The smallest absolute Gasteiger partial charge is 0.302 e. The van der Waals surface area contributed by atoms with Gasteiger partial charge in [0.05, 0.1) is 6.20 Å². The van der Waals surface area contributed by atoms with Gasteiger partial charge in [-0.05, 0) is 6.08 Å². The number of allylic oxidation sites excluding steroid dienone is 1. The van der Waals surface area contributed by atoms with Crippen LogP contribution in [0.1, 0.15) is 6.42 Å². The Morgan fingerprint density at radius 3 is 2.93 bits per heavy atom. The molecular weight excluding hydrogens is 252 g/mol. The molecule has 0 spiro atoms. The molecule has 78 valence electrons. The molecule has 0 aliphatic rings. The van der Waals surface area contributed by atoms with Crippen LogP contribution in [0.2, 0.25) is 4.34 Å². The van der Waals surface area contributed by atoms with Gasteiger partial charge >= 0.3 is 4.34 Å². The molecule has 1 heterocycles. The van der Waals surface area contributed by atoms with Crippen molar-refractivity contribution in [3.63, 3.8) is 0 Å². The van der Waals surface area contributed by atoms with Gasteiger partial charge in [-0.3, -0.25) is 0 Å². The molecule has 0 fully saturated rings. The van der Waals surface area contributed by atoms with Crippen molar-refractivity contribution in [3.05, 3.63) is 22.7 Å². The monoisotopic (exact) mass is 257 g/mol. The van der Waals surface area contributed by atoms with Crippen LogP contribution < -0.4 is 0 Å². The topological polar surface area (TPSA) is 36.0 Å². The number of aromatic nitrogens is 1. The van der Waals surface area contributed by atoms with Crippen LogP contribution in [-0.2, 0) is 11.2 Å². The molecule has 0 aliphatic carbocycles. The molecule has 0 amide bonds. The lowest BCUT2D eigenvalue weighted by molar-refractivity contribution is 0.418. The summed E-state index contributed by atoms with van der Waals surface area (Å²) in [4.78, 5) is 3.79. The van der Waals surface area contributed by atoms with Crippen LogP contribution in [0, 0.1) is 0 Å². The van der Waals surface area contributed by atoms with Crippen molar-refractivity contribution in [3.8, 4) is 0 Å². The Balaban J connectivity index is 2.43. The quantitative estimate of drug-likeness (QED) is 0.777. The van der Waals surface area contributed by atoms with Gasteiger partial charge in [-0.15, -0.1) is 0 Å². The van der Waals surface area contributed by atoms with E-state index in [2.05, 4.69) is 4.98 Å². The van der Waals surface area contributed by atoms with Crippen LogP contribution in [0.3, 0.4) is 0 Å². The van der Waals surface area contributed by atoms with E-state index in [1.165, 1.54) is 6.20 Å². The van der Waals surface area contributed by atoms with Crippen molar-refractivity contribution in [2.75, 3.05) is 5.75 Å². The number of thiazole rings is 1.